The molecule has 0 spiro atoms. The van der Waals surface area contributed by atoms with E-state index < -0.39 is 29.6 Å². The van der Waals surface area contributed by atoms with Gasteiger partial charge in [0.15, 0.2) is 5.58 Å². The number of para-hydroxylation sites is 2. The minimum Gasteiger partial charge on any atom is -0.424 e. The number of halogens is 2. The van der Waals surface area contributed by atoms with Gasteiger partial charge < -0.3 is 24.9 Å². The third-order valence-corrected chi connectivity index (χ3v) is 7.00. The summed E-state index contributed by atoms with van der Waals surface area (Å²) in [4.78, 5) is 40.2. The summed E-state index contributed by atoms with van der Waals surface area (Å²) in [5.41, 5.74) is 1.68. The van der Waals surface area contributed by atoms with Gasteiger partial charge in [-0.15, -0.1) is 0 Å². The largest absolute Gasteiger partial charge is 0.424 e. The minimum absolute atomic E-state index is 0.0915. The number of hydrogen-bond donors (Lipinski definition) is 3. The maximum Gasteiger partial charge on any atom is 0.296 e. The van der Waals surface area contributed by atoms with E-state index in [1.807, 2.05) is 24.0 Å². The van der Waals surface area contributed by atoms with Crippen molar-refractivity contribution >= 4 is 28.9 Å². The Hall–Kier alpha value is -4.28. The Bertz CT molecular complexity index is 1450. The first-order valence-corrected chi connectivity index (χ1v) is 13.0. The number of amides is 2. The number of likely N-dealkylation sites (tertiary alicyclic amines) is 1. The molecule has 2 aromatic heterocycles. The van der Waals surface area contributed by atoms with E-state index in [0.717, 1.165) is 31.4 Å². The molecule has 3 atom stereocenters. The Balaban J connectivity index is 1.33. The molecule has 0 unspecified atom stereocenters. The number of benzene rings is 2. The number of hydrogen-bond acceptors (Lipinski definition) is 6. The summed E-state index contributed by atoms with van der Waals surface area (Å²) in [6.45, 7) is 4.39. The third kappa shape index (κ3) is 5.92. The summed E-state index contributed by atoms with van der Waals surface area (Å²) in [7, 11) is 0. The number of oxazole rings is 1. The van der Waals surface area contributed by atoms with Gasteiger partial charge in [-0.1, -0.05) is 12.1 Å². The molecule has 1 aliphatic rings. The van der Waals surface area contributed by atoms with E-state index in [0.29, 0.717) is 29.2 Å². The molecule has 0 aliphatic carbocycles. The lowest BCUT2D eigenvalue weighted by Crippen LogP contribution is -2.47. The second-order valence-electron chi connectivity index (χ2n) is 9.86. The summed E-state index contributed by atoms with van der Waals surface area (Å²) in [6, 6.07) is 9.15. The zero-order valence-electron chi connectivity index (χ0n) is 21.7. The van der Waals surface area contributed by atoms with Gasteiger partial charge in [0.25, 0.3) is 6.01 Å². The molecule has 0 bridgehead atoms. The van der Waals surface area contributed by atoms with Gasteiger partial charge in [-0.05, 0) is 57.4 Å². The van der Waals surface area contributed by atoms with Gasteiger partial charge in [-0.3, -0.25) is 9.59 Å². The molecule has 2 aromatic carbocycles. The number of fused-ring (bicyclic) bond motifs is 1. The molecule has 11 heteroatoms. The number of carbonyl (C=O) groups excluding carboxylic acids is 2. The van der Waals surface area contributed by atoms with Crippen molar-refractivity contribution in [2.75, 3.05) is 11.9 Å². The number of aromatic amines is 1. The molecule has 1 saturated heterocycles. The topological polar surface area (TPSA) is 116 Å². The first-order valence-electron chi connectivity index (χ1n) is 13.0. The molecular weight excluding hydrogens is 506 g/mol. The Kier molecular flexibility index (Phi) is 7.58. The van der Waals surface area contributed by atoms with Crippen LogP contribution >= 0.6 is 0 Å². The van der Waals surface area contributed by atoms with E-state index in [-0.39, 0.29) is 29.9 Å². The van der Waals surface area contributed by atoms with E-state index in [1.165, 1.54) is 12.3 Å². The molecule has 5 rings (SSSR count). The number of nitrogens with one attached hydrogen (secondary N) is 3. The van der Waals surface area contributed by atoms with Gasteiger partial charge in [0.1, 0.15) is 29.0 Å². The average molecular weight is 537 g/mol. The van der Waals surface area contributed by atoms with Crippen molar-refractivity contribution in [3.63, 3.8) is 0 Å². The highest BCUT2D eigenvalue weighted by Gasteiger charge is 2.30. The number of aromatic nitrogens is 3. The van der Waals surface area contributed by atoms with Crippen LogP contribution in [0.1, 0.15) is 51.4 Å². The van der Waals surface area contributed by atoms with Crippen LogP contribution in [0.25, 0.3) is 22.4 Å². The van der Waals surface area contributed by atoms with Crippen molar-refractivity contribution in [1.29, 1.82) is 0 Å². The standard InChI is InChI=1S/C28H30F2N6O3/c1-16-7-5-6-12-36(16)25(37)14-22(35-28-34-21-8-3-4-9-24(21)39-28)27(38)32-17(2)26-31-15-23(33-26)19-11-10-18(29)13-20(19)30/h3-4,8-11,13,15-17,22H,5-7,12,14H2,1-2H3,(H,31,33)(H,32,38)(H,34,35)/t16-,17-,22-/m0/s1. The van der Waals surface area contributed by atoms with Crippen molar-refractivity contribution in [3.8, 4) is 11.3 Å². The Labute approximate surface area is 224 Å². The summed E-state index contributed by atoms with van der Waals surface area (Å²) in [5.74, 6) is -1.62. The molecule has 0 radical (unpaired) electrons. The molecule has 1 aliphatic heterocycles. The van der Waals surface area contributed by atoms with Crippen LogP contribution in [0.4, 0.5) is 14.8 Å². The van der Waals surface area contributed by atoms with Crippen LogP contribution in [0.2, 0.25) is 0 Å². The van der Waals surface area contributed by atoms with E-state index in [2.05, 4.69) is 25.6 Å². The molecule has 9 nitrogen and oxygen atoms in total. The normalized spacial score (nSPS) is 17.1. The Morgan fingerprint density at radius 2 is 2.03 bits per heavy atom. The zero-order chi connectivity index (χ0) is 27.5. The number of H-pyrrole nitrogens is 1. The Morgan fingerprint density at radius 3 is 2.79 bits per heavy atom. The van der Waals surface area contributed by atoms with E-state index >= 15 is 0 Å². The lowest BCUT2D eigenvalue weighted by atomic mass is 10.0. The van der Waals surface area contributed by atoms with Gasteiger partial charge >= 0.3 is 0 Å². The van der Waals surface area contributed by atoms with Crippen LogP contribution in [0.5, 0.6) is 0 Å². The first-order chi connectivity index (χ1) is 18.8. The predicted octanol–water partition coefficient (Wildman–Crippen LogP) is 4.95. The molecule has 204 valence electrons. The fourth-order valence-electron chi connectivity index (χ4n) is 4.84. The maximum absolute atomic E-state index is 14.2. The quantitative estimate of drug-likeness (QED) is 0.294. The van der Waals surface area contributed by atoms with Crippen LogP contribution in [0, 0.1) is 11.6 Å². The van der Waals surface area contributed by atoms with Gasteiger partial charge in [0, 0.05) is 24.2 Å². The second-order valence-corrected chi connectivity index (χ2v) is 9.86. The average Bonchev–Trinajstić information content (AvgIpc) is 3.55. The number of nitrogens with zero attached hydrogens (tertiary/aromatic N) is 3. The van der Waals surface area contributed by atoms with Crippen molar-refractivity contribution in [1.82, 2.24) is 25.2 Å². The molecule has 3 N–H and O–H groups in total. The van der Waals surface area contributed by atoms with Gasteiger partial charge in [0.05, 0.1) is 24.4 Å². The fourth-order valence-corrected chi connectivity index (χ4v) is 4.84. The number of piperidine rings is 1. The van der Waals surface area contributed by atoms with Crippen molar-refractivity contribution in [2.45, 2.75) is 57.7 Å². The Morgan fingerprint density at radius 1 is 1.21 bits per heavy atom. The molecule has 39 heavy (non-hydrogen) atoms. The van der Waals surface area contributed by atoms with Crippen LogP contribution in [-0.4, -0.2) is 50.3 Å². The van der Waals surface area contributed by atoms with E-state index in [4.69, 9.17) is 4.42 Å². The minimum atomic E-state index is -0.967. The van der Waals surface area contributed by atoms with Crippen molar-refractivity contribution < 1.29 is 22.8 Å². The highest BCUT2D eigenvalue weighted by molar-refractivity contribution is 5.90. The van der Waals surface area contributed by atoms with Crippen LogP contribution in [0.15, 0.2) is 53.1 Å². The number of rotatable bonds is 8. The van der Waals surface area contributed by atoms with E-state index in [1.54, 1.807) is 19.1 Å². The molecule has 4 aromatic rings. The van der Waals surface area contributed by atoms with Crippen LogP contribution < -0.4 is 10.6 Å². The fraction of sp³-hybridized carbons (Fsp3) is 0.357. The third-order valence-electron chi connectivity index (χ3n) is 7.00. The van der Waals surface area contributed by atoms with Gasteiger partial charge in [0.2, 0.25) is 11.8 Å². The molecule has 3 heterocycles. The molecule has 1 fully saturated rings. The number of anilines is 1. The summed E-state index contributed by atoms with van der Waals surface area (Å²) >= 11 is 0. The number of imidazole rings is 1. The number of carbonyl (C=O) groups is 2. The van der Waals surface area contributed by atoms with Crippen LogP contribution in [0.3, 0.4) is 0 Å². The van der Waals surface area contributed by atoms with Crippen molar-refractivity contribution in [3.05, 3.63) is 66.1 Å². The maximum atomic E-state index is 14.2. The molecule has 2 amide bonds. The second kappa shape index (κ2) is 11.2. The summed E-state index contributed by atoms with van der Waals surface area (Å²) in [6.07, 6.45) is 4.25. The monoisotopic (exact) mass is 536 g/mol. The zero-order valence-corrected chi connectivity index (χ0v) is 21.7. The highest BCUT2D eigenvalue weighted by atomic mass is 19.1. The highest BCUT2D eigenvalue weighted by Crippen LogP contribution is 2.24. The summed E-state index contributed by atoms with van der Waals surface area (Å²) < 4.78 is 33.3. The van der Waals surface area contributed by atoms with Crippen molar-refractivity contribution in [2.24, 2.45) is 0 Å². The molecule has 0 saturated carbocycles. The smallest absolute Gasteiger partial charge is 0.296 e. The van der Waals surface area contributed by atoms with Crippen LogP contribution in [-0.2, 0) is 9.59 Å². The first kappa shape index (κ1) is 26.3. The lowest BCUT2D eigenvalue weighted by Gasteiger charge is -2.34. The summed E-state index contributed by atoms with van der Waals surface area (Å²) in [5, 5.41) is 5.87. The van der Waals surface area contributed by atoms with Gasteiger partial charge in [-0.25, -0.2) is 13.8 Å². The van der Waals surface area contributed by atoms with Gasteiger partial charge in [-0.2, -0.15) is 4.98 Å². The SMILES string of the molecule is C[C@H](NC(=O)[C@H](CC(=O)N1CCCC[C@@H]1C)Nc1nc2ccccc2o1)c1ncc(-c2ccc(F)cc2F)[nH]1. The predicted molar refractivity (Wildman–Crippen MR) is 142 cm³/mol. The van der Waals surface area contributed by atoms with E-state index in [9.17, 15) is 18.4 Å². The molecular formula is C28H30F2N6O3. The lowest BCUT2D eigenvalue weighted by molar-refractivity contribution is -0.137.